The van der Waals surface area contributed by atoms with E-state index in [9.17, 15) is 0 Å². The molecule has 3 aromatic rings. The molecule has 0 bridgehead atoms. The third-order valence-corrected chi connectivity index (χ3v) is 10.3. The number of benzene rings is 3. The van der Waals surface area contributed by atoms with E-state index < -0.39 is 0 Å². The Bertz CT molecular complexity index is 1410. The van der Waals surface area contributed by atoms with E-state index in [2.05, 4.69) is 106 Å². The Morgan fingerprint density at radius 2 is 1.17 bits per heavy atom. The van der Waals surface area contributed by atoms with Crippen LogP contribution < -0.4 is 0 Å². The molecule has 1 atom stereocenters. The van der Waals surface area contributed by atoms with Crippen LogP contribution in [0.15, 0.2) is 85.0 Å². The van der Waals surface area contributed by atoms with Crippen LogP contribution in [0.4, 0.5) is 0 Å². The number of hydrogen-bond acceptors (Lipinski definition) is 0. The summed E-state index contributed by atoms with van der Waals surface area (Å²) < 4.78 is 0. The zero-order valence-electron chi connectivity index (χ0n) is 26.4. The average Bonchev–Trinajstić information content (AvgIpc) is 2.96. The van der Waals surface area contributed by atoms with Crippen molar-refractivity contribution in [3.05, 3.63) is 135 Å². The lowest BCUT2D eigenvalue weighted by molar-refractivity contribution is 0.347. The molecule has 3 aromatic carbocycles. The number of hydrogen-bond donors (Lipinski definition) is 0. The zero-order valence-corrected chi connectivity index (χ0v) is 26.4. The summed E-state index contributed by atoms with van der Waals surface area (Å²) >= 11 is 0. The molecule has 6 rings (SSSR count). The van der Waals surface area contributed by atoms with Gasteiger partial charge in [0.05, 0.1) is 0 Å². The lowest BCUT2D eigenvalue weighted by Gasteiger charge is -2.32. The standard InChI is InChI=1S/C42H50/c1-4-24-42(2,3)41-15-9-14-37(30-41)40-28-33(12-7-5-10-31-16-18-35-20-22-38(35)26-31)25-34(29-40)13-8-6-11-32-17-19-36-21-23-39(36)27-32/h4,9,14-19,24-29,41H,5-8,10-13,20-23,30H2,1-3H3. The Kier molecular flexibility index (Phi) is 8.99. The molecule has 0 heterocycles. The van der Waals surface area contributed by atoms with Crippen molar-refractivity contribution in [3.8, 4) is 0 Å². The van der Waals surface area contributed by atoms with Gasteiger partial charge in [-0.1, -0.05) is 98.8 Å². The zero-order chi connectivity index (χ0) is 28.9. The number of rotatable bonds is 13. The smallest absolute Gasteiger partial charge is 0.0104 e. The second-order valence-electron chi connectivity index (χ2n) is 13.9. The lowest BCUT2D eigenvalue weighted by atomic mass is 9.72. The number of aryl methyl sites for hydroxylation is 8. The first kappa shape index (κ1) is 29.0. The summed E-state index contributed by atoms with van der Waals surface area (Å²) in [6.45, 7) is 6.91. The molecule has 1 unspecified atom stereocenters. The molecule has 218 valence electrons. The van der Waals surface area contributed by atoms with Crippen molar-refractivity contribution in [1.82, 2.24) is 0 Å². The monoisotopic (exact) mass is 554 g/mol. The fourth-order valence-electron chi connectivity index (χ4n) is 7.32. The van der Waals surface area contributed by atoms with Crippen LogP contribution in [-0.2, 0) is 51.4 Å². The third-order valence-electron chi connectivity index (χ3n) is 10.3. The van der Waals surface area contributed by atoms with Gasteiger partial charge in [0, 0.05) is 0 Å². The summed E-state index contributed by atoms with van der Waals surface area (Å²) in [5, 5.41) is 0. The van der Waals surface area contributed by atoms with Gasteiger partial charge < -0.3 is 0 Å². The molecule has 0 saturated carbocycles. The van der Waals surface area contributed by atoms with Crippen molar-refractivity contribution in [3.63, 3.8) is 0 Å². The maximum atomic E-state index is 2.53. The molecule has 0 nitrogen and oxygen atoms in total. The van der Waals surface area contributed by atoms with Crippen LogP contribution in [0.25, 0.3) is 5.57 Å². The molecule has 3 aliphatic carbocycles. The minimum atomic E-state index is 0.169. The molecule has 0 heteroatoms. The van der Waals surface area contributed by atoms with E-state index in [1.54, 1.807) is 22.3 Å². The van der Waals surface area contributed by atoms with Gasteiger partial charge in [-0.2, -0.15) is 0 Å². The summed E-state index contributed by atoms with van der Waals surface area (Å²) in [7, 11) is 0. The van der Waals surface area contributed by atoms with Crippen molar-refractivity contribution in [2.45, 2.75) is 104 Å². The molecule has 0 saturated heterocycles. The second kappa shape index (κ2) is 13.0. The molecule has 42 heavy (non-hydrogen) atoms. The molecule has 0 amide bonds. The molecular formula is C42H50. The Balaban J connectivity index is 1.11. The van der Waals surface area contributed by atoms with Crippen molar-refractivity contribution in [2.75, 3.05) is 0 Å². The van der Waals surface area contributed by atoms with E-state index in [-0.39, 0.29) is 5.41 Å². The van der Waals surface area contributed by atoms with E-state index in [0.29, 0.717) is 5.92 Å². The van der Waals surface area contributed by atoms with Crippen molar-refractivity contribution in [2.24, 2.45) is 11.3 Å². The minimum absolute atomic E-state index is 0.169. The summed E-state index contributed by atoms with van der Waals surface area (Å²) in [5.41, 5.74) is 15.6. The predicted molar refractivity (Wildman–Crippen MR) is 181 cm³/mol. The van der Waals surface area contributed by atoms with Gasteiger partial charge in [-0.05, 0) is 157 Å². The first-order chi connectivity index (χ1) is 20.5. The summed E-state index contributed by atoms with van der Waals surface area (Å²) in [4.78, 5) is 0. The fourth-order valence-corrected chi connectivity index (χ4v) is 7.32. The Hall–Kier alpha value is -3.12. The molecule has 3 aliphatic rings. The first-order valence-electron chi connectivity index (χ1n) is 16.8. The van der Waals surface area contributed by atoms with Crippen molar-refractivity contribution in [1.29, 1.82) is 0 Å². The molecule has 0 aromatic heterocycles. The normalized spacial score (nSPS) is 17.4. The first-order valence-corrected chi connectivity index (χ1v) is 16.8. The van der Waals surface area contributed by atoms with Crippen LogP contribution in [0.2, 0.25) is 0 Å². The number of unbranched alkanes of at least 4 members (excludes halogenated alkanes) is 2. The van der Waals surface area contributed by atoms with E-state index >= 15 is 0 Å². The number of allylic oxidation sites excluding steroid dienone is 6. The highest BCUT2D eigenvalue weighted by atomic mass is 14.3. The van der Waals surface area contributed by atoms with Gasteiger partial charge in [-0.25, -0.2) is 0 Å². The largest absolute Gasteiger partial charge is 0.0911 e. The van der Waals surface area contributed by atoms with E-state index in [4.69, 9.17) is 0 Å². The van der Waals surface area contributed by atoms with Gasteiger partial charge in [0.15, 0.2) is 0 Å². The maximum absolute atomic E-state index is 2.53. The topological polar surface area (TPSA) is 0 Å². The predicted octanol–water partition coefficient (Wildman–Crippen LogP) is 10.6. The molecule has 0 fully saturated rings. The van der Waals surface area contributed by atoms with Gasteiger partial charge >= 0.3 is 0 Å². The van der Waals surface area contributed by atoms with E-state index in [0.717, 1.165) is 6.42 Å². The Morgan fingerprint density at radius 3 is 1.64 bits per heavy atom. The van der Waals surface area contributed by atoms with Crippen LogP contribution in [0.3, 0.4) is 0 Å². The molecule has 0 N–H and O–H groups in total. The highest BCUT2D eigenvalue weighted by Gasteiger charge is 2.27. The van der Waals surface area contributed by atoms with Gasteiger partial charge in [0.25, 0.3) is 0 Å². The van der Waals surface area contributed by atoms with Crippen molar-refractivity contribution >= 4 is 5.57 Å². The molecule has 0 radical (unpaired) electrons. The Morgan fingerprint density at radius 1 is 0.643 bits per heavy atom. The van der Waals surface area contributed by atoms with Gasteiger partial charge in [0.1, 0.15) is 0 Å². The van der Waals surface area contributed by atoms with Crippen LogP contribution in [0.5, 0.6) is 0 Å². The highest BCUT2D eigenvalue weighted by Crippen LogP contribution is 2.39. The Labute approximate surface area is 255 Å². The van der Waals surface area contributed by atoms with Crippen LogP contribution >= 0.6 is 0 Å². The van der Waals surface area contributed by atoms with Gasteiger partial charge in [-0.15, -0.1) is 0 Å². The summed E-state index contributed by atoms with van der Waals surface area (Å²) in [6, 6.07) is 22.0. The number of fused-ring (bicyclic) bond motifs is 2. The summed E-state index contributed by atoms with van der Waals surface area (Å²) in [5.74, 6) is 0.534. The molecule has 0 spiro atoms. The fraction of sp³-hybridized carbons (Fsp3) is 0.429. The third kappa shape index (κ3) is 6.91. The minimum Gasteiger partial charge on any atom is -0.0911 e. The van der Waals surface area contributed by atoms with Crippen molar-refractivity contribution < 1.29 is 0 Å². The van der Waals surface area contributed by atoms with Crippen LogP contribution in [0, 0.1) is 11.3 Å². The average molecular weight is 555 g/mol. The highest BCUT2D eigenvalue weighted by molar-refractivity contribution is 5.70. The van der Waals surface area contributed by atoms with E-state index in [1.807, 2.05) is 0 Å². The van der Waals surface area contributed by atoms with Gasteiger partial charge in [0.2, 0.25) is 0 Å². The van der Waals surface area contributed by atoms with E-state index in [1.165, 1.54) is 110 Å². The molecular weight excluding hydrogens is 504 g/mol. The SMILES string of the molecule is CC=CC(C)(C)C1C=CC=C(c2cc(CCCCc3ccc4c(c3)CC4)cc(CCCCc3ccc4c(c3)CC4)c2)C1. The van der Waals surface area contributed by atoms with Gasteiger partial charge in [-0.3, -0.25) is 0 Å². The maximum Gasteiger partial charge on any atom is -0.0104 e. The van der Waals surface area contributed by atoms with Crippen LogP contribution in [-0.4, -0.2) is 0 Å². The summed E-state index contributed by atoms with van der Waals surface area (Å²) in [6.07, 6.45) is 27.8. The lowest BCUT2D eigenvalue weighted by Crippen LogP contribution is -2.21. The second-order valence-corrected chi connectivity index (χ2v) is 13.9. The quantitative estimate of drug-likeness (QED) is 0.146. The molecule has 0 aliphatic heterocycles. The van der Waals surface area contributed by atoms with Crippen LogP contribution in [0.1, 0.15) is 103 Å².